The number of hydrogen-bond donors (Lipinski definition) is 1. The number of ether oxygens (including phenoxy) is 1. The molecule has 3 rings (SSSR count). The molecule has 1 amide bonds. The smallest absolute Gasteiger partial charge is 0.254 e. The normalized spacial score (nSPS) is 15.7. The number of benzene rings is 2. The Morgan fingerprint density at radius 2 is 1.80 bits per heavy atom. The molecule has 0 radical (unpaired) electrons. The van der Waals surface area contributed by atoms with Gasteiger partial charge in [0.1, 0.15) is 5.75 Å². The quantitative estimate of drug-likeness (QED) is 0.520. The maximum absolute atomic E-state index is 12.1. The molecule has 0 saturated carbocycles. The van der Waals surface area contributed by atoms with Gasteiger partial charge >= 0.3 is 0 Å². The Kier molecular flexibility index (Phi) is 8.44. The first kappa shape index (κ1) is 22.0. The second-order valence-electron chi connectivity index (χ2n) is 7.09. The van der Waals surface area contributed by atoms with Gasteiger partial charge < -0.3 is 4.74 Å². The molecule has 1 saturated heterocycles. The summed E-state index contributed by atoms with van der Waals surface area (Å²) in [5.41, 5.74) is 4.79. The minimum atomic E-state index is -0.108. The fourth-order valence-corrected chi connectivity index (χ4v) is 3.42. The van der Waals surface area contributed by atoms with Crippen molar-refractivity contribution in [1.82, 2.24) is 15.2 Å². The van der Waals surface area contributed by atoms with Crippen molar-refractivity contribution in [2.75, 3.05) is 39.8 Å². The zero-order valence-electron chi connectivity index (χ0n) is 17.1. The van der Waals surface area contributed by atoms with Crippen LogP contribution in [0.2, 0.25) is 5.02 Å². The largest absolute Gasteiger partial charge is 0.496 e. The summed E-state index contributed by atoms with van der Waals surface area (Å²) in [6.07, 6.45) is 5.22. The molecule has 2 aromatic rings. The molecule has 0 unspecified atom stereocenters. The van der Waals surface area contributed by atoms with E-state index in [1.54, 1.807) is 19.4 Å². The Balaban J connectivity index is 1.36. The summed E-state index contributed by atoms with van der Waals surface area (Å²) >= 11 is 5.94. The van der Waals surface area contributed by atoms with Crippen LogP contribution in [0, 0.1) is 0 Å². The van der Waals surface area contributed by atoms with E-state index in [9.17, 15) is 4.79 Å². The van der Waals surface area contributed by atoms with Gasteiger partial charge in [0.2, 0.25) is 0 Å². The number of nitrogens with zero attached hydrogens (tertiary/aromatic N) is 3. The van der Waals surface area contributed by atoms with Crippen LogP contribution < -0.4 is 10.2 Å². The summed E-state index contributed by atoms with van der Waals surface area (Å²) in [7, 11) is 1.64. The van der Waals surface area contributed by atoms with Crippen molar-refractivity contribution < 1.29 is 9.53 Å². The van der Waals surface area contributed by atoms with E-state index in [1.807, 2.05) is 42.5 Å². The van der Waals surface area contributed by atoms with Gasteiger partial charge in [0.05, 0.1) is 13.7 Å². The van der Waals surface area contributed by atoms with E-state index in [-0.39, 0.29) is 5.91 Å². The van der Waals surface area contributed by atoms with Gasteiger partial charge in [-0.15, -0.1) is 0 Å². The summed E-state index contributed by atoms with van der Waals surface area (Å²) in [5, 5.41) is 4.74. The van der Waals surface area contributed by atoms with Crippen molar-refractivity contribution in [1.29, 1.82) is 0 Å². The number of para-hydroxylation sites is 1. The number of carbonyl (C=O) groups is 1. The average Bonchev–Trinajstić information content (AvgIpc) is 2.77. The van der Waals surface area contributed by atoms with Crippen molar-refractivity contribution in [3.05, 3.63) is 70.8 Å². The number of hydrazone groups is 1. The van der Waals surface area contributed by atoms with E-state index >= 15 is 0 Å². The molecular weight excluding hydrogens is 400 g/mol. The second-order valence-corrected chi connectivity index (χ2v) is 7.53. The molecule has 0 atom stereocenters. The van der Waals surface area contributed by atoms with Crippen LogP contribution in [0.4, 0.5) is 0 Å². The Hall–Kier alpha value is -2.67. The molecule has 1 N–H and O–H groups in total. The first-order valence-electron chi connectivity index (χ1n) is 9.95. The predicted octanol–water partition coefficient (Wildman–Crippen LogP) is 3.28. The number of amides is 1. The summed E-state index contributed by atoms with van der Waals surface area (Å²) < 4.78 is 5.29. The molecule has 7 heteroatoms. The van der Waals surface area contributed by atoms with Gasteiger partial charge in [-0.05, 0) is 35.9 Å². The molecule has 1 fully saturated rings. The zero-order chi connectivity index (χ0) is 21.2. The third kappa shape index (κ3) is 6.99. The zero-order valence-corrected chi connectivity index (χ0v) is 17.9. The number of rotatable bonds is 8. The Morgan fingerprint density at radius 1 is 1.10 bits per heavy atom. The van der Waals surface area contributed by atoms with Gasteiger partial charge in [-0.25, -0.2) is 5.43 Å². The predicted molar refractivity (Wildman–Crippen MR) is 122 cm³/mol. The molecule has 30 heavy (non-hydrogen) atoms. The van der Waals surface area contributed by atoms with E-state index in [0.717, 1.165) is 49.1 Å². The highest BCUT2D eigenvalue weighted by Gasteiger charge is 2.18. The highest BCUT2D eigenvalue weighted by atomic mass is 35.5. The minimum Gasteiger partial charge on any atom is -0.496 e. The van der Waals surface area contributed by atoms with Crippen molar-refractivity contribution in [3.63, 3.8) is 0 Å². The van der Waals surface area contributed by atoms with E-state index in [2.05, 4.69) is 32.5 Å². The Labute approximate surface area is 182 Å². The molecule has 0 aliphatic carbocycles. The molecule has 2 aromatic carbocycles. The van der Waals surface area contributed by atoms with Crippen molar-refractivity contribution >= 4 is 29.8 Å². The van der Waals surface area contributed by atoms with Crippen LogP contribution in [0.25, 0.3) is 6.08 Å². The summed E-state index contributed by atoms with van der Waals surface area (Å²) in [4.78, 5) is 16.6. The number of carbonyl (C=O) groups excluding carboxylic acids is 1. The molecule has 6 nitrogen and oxygen atoms in total. The van der Waals surface area contributed by atoms with E-state index in [0.29, 0.717) is 6.54 Å². The molecule has 0 spiro atoms. The number of nitrogens with one attached hydrogen (secondary N) is 1. The molecule has 0 bridgehead atoms. The lowest BCUT2D eigenvalue weighted by atomic mass is 10.2. The summed E-state index contributed by atoms with van der Waals surface area (Å²) in [6, 6.07) is 15.7. The number of methoxy groups -OCH3 is 1. The van der Waals surface area contributed by atoms with Crippen LogP contribution in [0.15, 0.2) is 59.7 Å². The van der Waals surface area contributed by atoms with Gasteiger partial charge in [0.15, 0.2) is 0 Å². The highest BCUT2D eigenvalue weighted by Crippen LogP contribution is 2.18. The van der Waals surface area contributed by atoms with Crippen molar-refractivity contribution in [3.8, 4) is 5.75 Å². The summed E-state index contributed by atoms with van der Waals surface area (Å²) in [5.74, 6) is 0.685. The van der Waals surface area contributed by atoms with E-state index in [4.69, 9.17) is 16.3 Å². The lowest BCUT2D eigenvalue weighted by molar-refractivity contribution is -0.122. The number of hydrogen-bond acceptors (Lipinski definition) is 5. The maximum atomic E-state index is 12.1. The lowest BCUT2D eigenvalue weighted by Crippen LogP contribution is -2.48. The van der Waals surface area contributed by atoms with Crippen molar-refractivity contribution in [2.24, 2.45) is 5.10 Å². The fraction of sp³-hybridized carbons (Fsp3) is 0.304. The molecular formula is C23H27ClN4O2. The van der Waals surface area contributed by atoms with Gasteiger partial charge in [-0.1, -0.05) is 41.9 Å². The van der Waals surface area contributed by atoms with E-state index < -0.39 is 0 Å². The van der Waals surface area contributed by atoms with Gasteiger partial charge in [0, 0.05) is 49.5 Å². The van der Waals surface area contributed by atoms with E-state index in [1.165, 1.54) is 5.56 Å². The maximum Gasteiger partial charge on any atom is 0.254 e. The lowest BCUT2D eigenvalue weighted by Gasteiger charge is -2.34. The highest BCUT2D eigenvalue weighted by molar-refractivity contribution is 6.30. The second kappa shape index (κ2) is 11.5. The van der Waals surface area contributed by atoms with Crippen LogP contribution in [-0.2, 0) is 11.3 Å². The van der Waals surface area contributed by atoms with Crippen LogP contribution in [-0.4, -0.2) is 61.8 Å². The Bertz CT molecular complexity index is 875. The first-order valence-corrected chi connectivity index (χ1v) is 10.3. The number of piperazine rings is 1. The monoisotopic (exact) mass is 426 g/mol. The Morgan fingerprint density at radius 3 is 2.53 bits per heavy atom. The molecule has 1 aliphatic heterocycles. The molecule has 1 aliphatic rings. The summed E-state index contributed by atoms with van der Waals surface area (Å²) in [6.45, 7) is 4.83. The number of halogens is 1. The third-order valence-corrected chi connectivity index (χ3v) is 5.17. The first-order chi connectivity index (χ1) is 14.6. The van der Waals surface area contributed by atoms with Crippen LogP contribution in [0.5, 0.6) is 5.75 Å². The van der Waals surface area contributed by atoms with Crippen molar-refractivity contribution in [2.45, 2.75) is 6.54 Å². The topological polar surface area (TPSA) is 57.2 Å². The van der Waals surface area contributed by atoms with Gasteiger partial charge in [-0.2, -0.15) is 5.10 Å². The standard InChI is InChI=1S/C23H27ClN4O2/c1-30-22-7-3-2-5-20(22)6-4-12-25-26-23(29)18-28-15-13-27(14-16-28)17-19-8-10-21(24)11-9-19/h2-12H,13-18H2,1H3,(H,26,29). The SMILES string of the molecule is COc1ccccc1C=CC=NNC(=O)CN1CCN(Cc2ccc(Cl)cc2)CC1. The molecule has 1 heterocycles. The van der Waals surface area contributed by atoms with Crippen LogP contribution >= 0.6 is 11.6 Å². The third-order valence-electron chi connectivity index (χ3n) is 4.92. The minimum absolute atomic E-state index is 0.108. The number of allylic oxidation sites excluding steroid dienone is 1. The average molecular weight is 427 g/mol. The van der Waals surface area contributed by atoms with Crippen LogP contribution in [0.1, 0.15) is 11.1 Å². The van der Waals surface area contributed by atoms with Crippen LogP contribution in [0.3, 0.4) is 0 Å². The van der Waals surface area contributed by atoms with Gasteiger partial charge in [-0.3, -0.25) is 14.6 Å². The fourth-order valence-electron chi connectivity index (χ4n) is 3.30. The molecule has 0 aromatic heterocycles. The van der Waals surface area contributed by atoms with Gasteiger partial charge in [0.25, 0.3) is 5.91 Å². The molecule has 158 valence electrons.